The Morgan fingerprint density at radius 2 is 2.05 bits per heavy atom. The molecule has 2 aliphatic rings. The summed E-state index contributed by atoms with van der Waals surface area (Å²) in [7, 11) is 0. The van der Waals surface area contributed by atoms with E-state index in [1.165, 1.54) is 0 Å². The van der Waals surface area contributed by atoms with Crippen molar-refractivity contribution in [1.82, 2.24) is 5.12 Å². The average molecular weight is 306 g/mol. The van der Waals surface area contributed by atoms with Crippen molar-refractivity contribution in [2.24, 2.45) is 5.92 Å². The first-order valence-corrected chi connectivity index (χ1v) is 8.58. The highest BCUT2D eigenvalue weighted by molar-refractivity contribution is 5.43. The lowest BCUT2D eigenvalue weighted by molar-refractivity contribution is -0.0739. The maximum absolute atomic E-state index is 14.5. The average Bonchev–Trinajstić information content (AvgIpc) is 3.03. The van der Waals surface area contributed by atoms with Crippen LogP contribution in [0, 0.1) is 5.92 Å². The topological polar surface area (TPSA) is 24.5 Å². The molecular weight excluding hydrogens is 279 g/mol. The minimum absolute atomic E-state index is 0.0154. The normalized spacial score (nSPS) is 32.3. The molecule has 2 fully saturated rings. The van der Waals surface area contributed by atoms with Crippen molar-refractivity contribution in [1.29, 1.82) is 0 Å². The van der Waals surface area contributed by atoms with Gasteiger partial charge in [-0.3, -0.25) is 0 Å². The molecule has 4 heteroatoms. The van der Waals surface area contributed by atoms with Crippen LogP contribution in [-0.4, -0.2) is 36.5 Å². The highest BCUT2D eigenvalue weighted by Gasteiger charge is 2.33. The van der Waals surface area contributed by atoms with Gasteiger partial charge in [-0.2, -0.15) is 0 Å². The molecule has 1 aliphatic heterocycles. The Labute approximate surface area is 132 Å². The Hall–Kier alpha value is -1.13. The molecule has 3 rings (SSSR count). The lowest BCUT2D eigenvalue weighted by Gasteiger charge is -2.38. The predicted molar refractivity (Wildman–Crippen MR) is 87.4 cm³/mol. The van der Waals surface area contributed by atoms with E-state index in [0.717, 1.165) is 49.5 Å². The molecule has 1 aromatic carbocycles. The van der Waals surface area contributed by atoms with E-state index in [0.29, 0.717) is 18.5 Å². The summed E-state index contributed by atoms with van der Waals surface area (Å²) in [6, 6.07) is 10.6. The van der Waals surface area contributed by atoms with Gasteiger partial charge >= 0.3 is 0 Å². The van der Waals surface area contributed by atoms with E-state index in [1.54, 1.807) is 0 Å². The molecule has 1 saturated carbocycles. The summed E-state index contributed by atoms with van der Waals surface area (Å²) in [4.78, 5) is 0. The van der Waals surface area contributed by atoms with Crippen LogP contribution in [0.4, 0.5) is 10.2 Å². The van der Waals surface area contributed by atoms with Crippen LogP contribution in [0.15, 0.2) is 30.3 Å². The molecule has 0 spiro atoms. The Morgan fingerprint density at radius 3 is 2.77 bits per heavy atom. The van der Waals surface area contributed by atoms with Crippen LogP contribution >= 0.6 is 0 Å². The van der Waals surface area contributed by atoms with E-state index >= 15 is 0 Å². The van der Waals surface area contributed by atoms with E-state index in [2.05, 4.69) is 24.4 Å². The van der Waals surface area contributed by atoms with Gasteiger partial charge in [0, 0.05) is 24.4 Å². The first-order valence-electron chi connectivity index (χ1n) is 8.58. The molecule has 1 N–H and O–H groups in total. The maximum Gasteiger partial charge on any atom is 0.0729 e. The van der Waals surface area contributed by atoms with Crippen molar-refractivity contribution in [3.05, 3.63) is 30.3 Å². The van der Waals surface area contributed by atoms with Gasteiger partial charge in [0.05, 0.1) is 12.6 Å². The molecule has 22 heavy (non-hydrogen) atoms. The first-order chi connectivity index (χ1) is 10.7. The largest absolute Gasteiger partial charge is 0.382 e. The molecule has 1 aromatic rings. The monoisotopic (exact) mass is 306 g/mol. The number of nitrogens with one attached hydrogen (secondary N) is 1. The van der Waals surface area contributed by atoms with Crippen LogP contribution in [-0.2, 0) is 4.74 Å². The summed E-state index contributed by atoms with van der Waals surface area (Å²) in [5.74, 6) is 0.576. The molecule has 0 amide bonds. The summed E-state index contributed by atoms with van der Waals surface area (Å²) in [5.41, 5.74) is 1.13. The second-order valence-electron chi connectivity index (χ2n) is 6.78. The lowest BCUT2D eigenvalue weighted by atomic mass is 9.82. The van der Waals surface area contributed by atoms with E-state index < -0.39 is 0 Å². The summed E-state index contributed by atoms with van der Waals surface area (Å²) >= 11 is 0. The van der Waals surface area contributed by atoms with Crippen LogP contribution in [0.5, 0.6) is 0 Å². The highest BCUT2D eigenvalue weighted by atomic mass is 19.2. The number of nitrogens with zero attached hydrogens (tertiary/aromatic N) is 1. The number of benzene rings is 1. The predicted octanol–water partition coefficient (Wildman–Crippen LogP) is 4.02. The summed E-state index contributed by atoms with van der Waals surface area (Å²) < 4.78 is 20.1. The van der Waals surface area contributed by atoms with Gasteiger partial charge in [0.1, 0.15) is 0 Å². The Bertz CT molecular complexity index is 450. The van der Waals surface area contributed by atoms with Gasteiger partial charge in [0.25, 0.3) is 0 Å². The van der Waals surface area contributed by atoms with Crippen LogP contribution in [0.1, 0.15) is 39.0 Å². The number of ether oxygens (including phenoxy) is 1. The number of hydrogen-bond donors (Lipinski definition) is 1. The van der Waals surface area contributed by atoms with Gasteiger partial charge in [-0.05, 0) is 50.2 Å². The number of halogens is 1. The third-order valence-electron chi connectivity index (χ3n) is 5.09. The van der Waals surface area contributed by atoms with Crippen molar-refractivity contribution in [2.45, 2.75) is 57.2 Å². The molecule has 0 radical (unpaired) electrons. The van der Waals surface area contributed by atoms with Gasteiger partial charge in [0.2, 0.25) is 0 Å². The van der Waals surface area contributed by atoms with E-state index in [1.807, 2.05) is 18.2 Å². The van der Waals surface area contributed by atoms with Gasteiger partial charge in [-0.25, -0.2) is 0 Å². The second-order valence-corrected chi connectivity index (χ2v) is 6.78. The van der Waals surface area contributed by atoms with Crippen LogP contribution < -0.4 is 5.32 Å². The minimum atomic E-state index is 0.0154. The standard InChI is InChI=1S/C18H27FN2O/c1-14-9-10-16(21(19)13-17-8-5-11-22-17)12-18(14)20-15-6-3-2-4-7-15/h2-4,6-7,14,16-18,20H,5,8-13H2,1H3. The number of anilines is 1. The summed E-state index contributed by atoms with van der Waals surface area (Å²) in [6.07, 6.45) is 5.02. The van der Waals surface area contributed by atoms with E-state index in [4.69, 9.17) is 4.74 Å². The molecule has 1 saturated heterocycles. The van der Waals surface area contributed by atoms with E-state index in [-0.39, 0.29) is 12.1 Å². The van der Waals surface area contributed by atoms with Crippen molar-refractivity contribution in [3.8, 4) is 0 Å². The van der Waals surface area contributed by atoms with Crippen LogP contribution in [0.25, 0.3) is 0 Å². The zero-order chi connectivity index (χ0) is 15.4. The molecule has 4 atom stereocenters. The zero-order valence-corrected chi connectivity index (χ0v) is 13.4. The van der Waals surface area contributed by atoms with Crippen molar-refractivity contribution in [2.75, 3.05) is 18.5 Å². The fourth-order valence-corrected chi connectivity index (χ4v) is 3.64. The fourth-order valence-electron chi connectivity index (χ4n) is 3.64. The second kappa shape index (κ2) is 7.42. The number of hydrogen-bond acceptors (Lipinski definition) is 3. The molecule has 0 bridgehead atoms. The first kappa shape index (κ1) is 15.8. The third kappa shape index (κ3) is 3.99. The maximum atomic E-state index is 14.5. The molecule has 3 nitrogen and oxygen atoms in total. The number of para-hydroxylation sites is 1. The van der Waals surface area contributed by atoms with Crippen molar-refractivity contribution < 1.29 is 9.22 Å². The van der Waals surface area contributed by atoms with Gasteiger partial charge < -0.3 is 10.1 Å². The Morgan fingerprint density at radius 1 is 1.23 bits per heavy atom. The smallest absolute Gasteiger partial charge is 0.0729 e. The summed E-state index contributed by atoms with van der Waals surface area (Å²) in [6.45, 7) is 3.48. The fraction of sp³-hybridized carbons (Fsp3) is 0.667. The molecule has 0 aromatic heterocycles. The SMILES string of the molecule is CC1CCC(N(F)CC2CCCO2)CC1Nc1ccccc1. The molecule has 1 heterocycles. The molecule has 1 aliphatic carbocycles. The Kier molecular flexibility index (Phi) is 5.32. The van der Waals surface area contributed by atoms with Crippen molar-refractivity contribution in [3.63, 3.8) is 0 Å². The molecule has 122 valence electrons. The lowest BCUT2D eigenvalue weighted by Crippen LogP contribution is -2.44. The highest BCUT2D eigenvalue weighted by Crippen LogP contribution is 2.31. The molecular formula is C18H27FN2O. The zero-order valence-electron chi connectivity index (χ0n) is 13.4. The minimum Gasteiger partial charge on any atom is -0.382 e. The quantitative estimate of drug-likeness (QED) is 0.832. The van der Waals surface area contributed by atoms with Gasteiger partial charge in [-0.1, -0.05) is 25.1 Å². The van der Waals surface area contributed by atoms with Gasteiger partial charge in [-0.15, -0.1) is 9.60 Å². The van der Waals surface area contributed by atoms with Crippen LogP contribution in [0.3, 0.4) is 0 Å². The summed E-state index contributed by atoms with van der Waals surface area (Å²) in [5, 5.41) is 4.63. The van der Waals surface area contributed by atoms with E-state index in [9.17, 15) is 4.48 Å². The number of rotatable bonds is 5. The third-order valence-corrected chi connectivity index (χ3v) is 5.09. The Balaban J connectivity index is 1.55. The van der Waals surface area contributed by atoms with Gasteiger partial charge in [0.15, 0.2) is 0 Å². The van der Waals surface area contributed by atoms with Crippen molar-refractivity contribution >= 4 is 5.69 Å². The molecule has 4 unspecified atom stereocenters. The van der Waals surface area contributed by atoms with Crippen LogP contribution in [0.2, 0.25) is 0 Å².